The van der Waals surface area contributed by atoms with Gasteiger partial charge in [0.2, 0.25) is 0 Å². The van der Waals surface area contributed by atoms with Gasteiger partial charge in [0.15, 0.2) is 17.3 Å². The quantitative estimate of drug-likeness (QED) is 0.605. The molecule has 6 nitrogen and oxygen atoms in total. The molecule has 7 heteroatoms. The topological polar surface area (TPSA) is 98.9 Å². The first kappa shape index (κ1) is 16.0. The maximum absolute atomic E-state index is 5.87. The minimum absolute atomic E-state index is 0.184. The number of nitrogens with zero attached hydrogens (tertiary/aromatic N) is 3. The minimum Gasteiger partial charge on any atom is -0.491 e. The van der Waals surface area contributed by atoms with Crippen LogP contribution in [0, 0.1) is 0 Å². The molecule has 1 aromatic heterocycles. The van der Waals surface area contributed by atoms with E-state index in [1.54, 1.807) is 30.3 Å². The van der Waals surface area contributed by atoms with Crippen LogP contribution in [0.2, 0.25) is 5.02 Å². The molecule has 0 atom stereocenters. The summed E-state index contributed by atoms with van der Waals surface area (Å²) in [6.07, 6.45) is 1.95. The first-order valence-electron chi connectivity index (χ1n) is 6.96. The fourth-order valence-corrected chi connectivity index (χ4v) is 1.83. The van der Waals surface area contributed by atoms with Crippen molar-refractivity contribution in [3.8, 4) is 5.75 Å². The molecule has 0 spiro atoms. The normalized spacial score (nSPS) is 11.0. The third kappa shape index (κ3) is 4.33. The molecule has 0 radical (unpaired) electrons. The average Bonchev–Trinajstić information content (AvgIpc) is 2.48. The molecule has 0 aliphatic rings. The van der Waals surface area contributed by atoms with Gasteiger partial charge in [-0.2, -0.15) is 5.11 Å². The highest BCUT2D eigenvalue weighted by molar-refractivity contribution is 6.30. The molecule has 2 rings (SSSR count). The van der Waals surface area contributed by atoms with Crippen LogP contribution in [0.5, 0.6) is 5.75 Å². The van der Waals surface area contributed by atoms with Gasteiger partial charge in [-0.15, -0.1) is 5.11 Å². The summed E-state index contributed by atoms with van der Waals surface area (Å²) in [5.74, 6) is 0.954. The van der Waals surface area contributed by atoms with Crippen LogP contribution in [0.1, 0.15) is 19.8 Å². The van der Waals surface area contributed by atoms with E-state index in [0.717, 1.165) is 12.8 Å². The Morgan fingerprint density at radius 1 is 1.18 bits per heavy atom. The number of unbranched alkanes of at least 4 members (excludes halogenated alkanes) is 1. The largest absolute Gasteiger partial charge is 0.491 e. The number of benzene rings is 1. The summed E-state index contributed by atoms with van der Waals surface area (Å²) in [6, 6.07) is 8.58. The van der Waals surface area contributed by atoms with Crippen LogP contribution in [0.4, 0.5) is 23.0 Å². The van der Waals surface area contributed by atoms with Crippen LogP contribution in [-0.2, 0) is 0 Å². The zero-order chi connectivity index (χ0) is 15.9. The lowest BCUT2D eigenvalue weighted by atomic mass is 10.3. The van der Waals surface area contributed by atoms with E-state index < -0.39 is 0 Å². The molecular formula is C15H18ClN5O. The third-order valence-corrected chi connectivity index (χ3v) is 3.10. The van der Waals surface area contributed by atoms with E-state index >= 15 is 0 Å². The summed E-state index contributed by atoms with van der Waals surface area (Å²) in [7, 11) is 0. The Morgan fingerprint density at radius 3 is 2.59 bits per heavy atom. The predicted octanol–water partition coefficient (Wildman–Crippen LogP) is 4.49. The Morgan fingerprint density at radius 2 is 1.91 bits per heavy atom. The number of aromatic nitrogens is 1. The van der Waals surface area contributed by atoms with E-state index in [0.29, 0.717) is 28.8 Å². The Kier molecular flexibility index (Phi) is 5.55. The zero-order valence-corrected chi connectivity index (χ0v) is 13.0. The lowest BCUT2D eigenvalue weighted by Crippen LogP contribution is -2.02. The molecule has 0 aliphatic carbocycles. The minimum atomic E-state index is 0.184. The highest BCUT2D eigenvalue weighted by Crippen LogP contribution is 2.35. The van der Waals surface area contributed by atoms with Crippen molar-refractivity contribution in [1.29, 1.82) is 0 Å². The Labute approximate surface area is 134 Å². The van der Waals surface area contributed by atoms with Gasteiger partial charge in [-0.1, -0.05) is 24.9 Å². The van der Waals surface area contributed by atoms with E-state index in [4.69, 9.17) is 27.8 Å². The first-order valence-corrected chi connectivity index (χ1v) is 7.34. The predicted molar refractivity (Wildman–Crippen MR) is 89.1 cm³/mol. The molecule has 0 bridgehead atoms. The monoisotopic (exact) mass is 319 g/mol. The van der Waals surface area contributed by atoms with Gasteiger partial charge in [0.25, 0.3) is 0 Å². The standard InChI is InChI=1S/C15H18ClN5O/c1-2-3-8-22-12-9-13(17)19-15(18)14(12)21-20-11-6-4-10(16)5-7-11/h4-7,9H,2-3,8H2,1H3,(H4,17,18,19)/b21-20+. The van der Waals surface area contributed by atoms with Gasteiger partial charge in [0, 0.05) is 11.1 Å². The summed E-state index contributed by atoms with van der Waals surface area (Å²) < 4.78 is 5.67. The summed E-state index contributed by atoms with van der Waals surface area (Å²) in [5.41, 5.74) is 12.6. The number of nitrogens with two attached hydrogens (primary N) is 2. The van der Waals surface area contributed by atoms with Crippen molar-refractivity contribution in [3.05, 3.63) is 35.4 Å². The van der Waals surface area contributed by atoms with Crippen molar-refractivity contribution < 1.29 is 4.74 Å². The summed E-state index contributed by atoms with van der Waals surface area (Å²) in [5, 5.41) is 8.90. The van der Waals surface area contributed by atoms with Gasteiger partial charge in [0.1, 0.15) is 5.82 Å². The van der Waals surface area contributed by atoms with Crippen molar-refractivity contribution >= 4 is 34.6 Å². The molecule has 0 unspecified atom stereocenters. The second kappa shape index (κ2) is 7.61. The average molecular weight is 320 g/mol. The Balaban J connectivity index is 2.26. The van der Waals surface area contributed by atoms with E-state index in [1.807, 2.05) is 0 Å². The Hall–Kier alpha value is -2.34. The molecule has 4 N–H and O–H groups in total. The number of hydrogen-bond donors (Lipinski definition) is 2. The summed E-state index contributed by atoms with van der Waals surface area (Å²) >= 11 is 5.83. The molecule has 2 aromatic rings. The molecule has 0 amide bonds. The SMILES string of the molecule is CCCCOc1cc(N)nc(N)c1/N=N/c1ccc(Cl)cc1. The fraction of sp³-hybridized carbons (Fsp3) is 0.267. The summed E-state index contributed by atoms with van der Waals surface area (Å²) in [4.78, 5) is 3.99. The van der Waals surface area contributed by atoms with Gasteiger partial charge in [-0.05, 0) is 30.7 Å². The molecule has 0 saturated heterocycles. The number of halogens is 1. The molecule has 116 valence electrons. The summed E-state index contributed by atoms with van der Waals surface area (Å²) in [6.45, 7) is 2.64. The highest BCUT2D eigenvalue weighted by Gasteiger charge is 2.11. The maximum Gasteiger partial charge on any atom is 0.170 e. The molecular weight excluding hydrogens is 302 g/mol. The fourth-order valence-electron chi connectivity index (χ4n) is 1.71. The zero-order valence-electron chi connectivity index (χ0n) is 12.3. The molecule has 0 fully saturated rings. The van der Waals surface area contributed by atoms with Crippen LogP contribution in [-0.4, -0.2) is 11.6 Å². The lowest BCUT2D eigenvalue weighted by Gasteiger charge is -2.10. The number of hydrogen-bond acceptors (Lipinski definition) is 6. The van der Waals surface area contributed by atoms with Crippen LogP contribution in [0.15, 0.2) is 40.6 Å². The van der Waals surface area contributed by atoms with Gasteiger partial charge in [0.05, 0.1) is 12.3 Å². The van der Waals surface area contributed by atoms with Crippen LogP contribution in [0.25, 0.3) is 0 Å². The molecule has 0 saturated carbocycles. The van der Waals surface area contributed by atoms with Gasteiger partial charge >= 0.3 is 0 Å². The second-order valence-electron chi connectivity index (χ2n) is 4.66. The first-order chi connectivity index (χ1) is 10.6. The molecule has 1 heterocycles. The number of rotatable bonds is 6. The maximum atomic E-state index is 5.87. The molecule has 0 aliphatic heterocycles. The smallest absolute Gasteiger partial charge is 0.170 e. The van der Waals surface area contributed by atoms with Crippen molar-refractivity contribution in [1.82, 2.24) is 4.98 Å². The van der Waals surface area contributed by atoms with E-state index in [-0.39, 0.29) is 11.6 Å². The number of anilines is 2. The van der Waals surface area contributed by atoms with Crippen LogP contribution >= 0.6 is 11.6 Å². The van der Waals surface area contributed by atoms with E-state index in [1.165, 1.54) is 0 Å². The van der Waals surface area contributed by atoms with Crippen molar-refractivity contribution in [2.24, 2.45) is 10.2 Å². The second-order valence-corrected chi connectivity index (χ2v) is 5.09. The van der Waals surface area contributed by atoms with Crippen molar-refractivity contribution in [2.45, 2.75) is 19.8 Å². The number of pyridine rings is 1. The highest BCUT2D eigenvalue weighted by atomic mass is 35.5. The van der Waals surface area contributed by atoms with Gasteiger partial charge < -0.3 is 16.2 Å². The molecule has 22 heavy (non-hydrogen) atoms. The van der Waals surface area contributed by atoms with Gasteiger partial charge in [-0.25, -0.2) is 4.98 Å². The van der Waals surface area contributed by atoms with E-state index in [2.05, 4.69) is 22.1 Å². The van der Waals surface area contributed by atoms with Crippen LogP contribution in [0.3, 0.4) is 0 Å². The molecule has 1 aromatic carbocycles. The number of azo groups is 1. The lowest BCUT2D eigenvalue weighted by molar-refractivity contribution is 0.310. The number of ether oxygens (including phenoxy) is 1. The third-order valence-electron chi connectivity index (χ3n) is 2.85. The van der Waals surface area contributed by atoms with Crippen molar-refractivity contribution in [3.63, 3.8) is 0 Å². The number of nitrogen functional groups attached to an aromatic ring is 2. The Bertz CT molecular complexity index is 658. The van der Waals surface area contributed by atoms with E-state index in [9.17, 15) is 0 Å². The van der Waals surface area contributed by atoms with Crippen LogP contribution < -0.4 is 16.2 Å². The van der Waals surface area contributed by atoms with Gasteiger partial charge in [-0.3, -0.25) is 0 Å². The van der Waals surface area contributed by atoms with Crippen molar-refractivity contribution in [2.75, 3.05) is 18.1 Å².